The first-order chi connectivity index (χ1) is 13.3. The summed E-state index contributed by atoms with van der Waals surface area (Å²) in [6, 6.07) is 7.39. The van der Waals surface area contributed by atoms with Crippen LogP contribution >= 0.6 is 15.9 Å². The van der Waals surface area contributed by atoms with Crippen molar-refractivity contribution < 1.29 is 14.4 Å². The first-order valence-corrected chi connectivity index (χ1v) is 10.0. The SMILES string of the molecule is CC(=O)N1CCN(C(=O)CCNC(=O)c2cc(C)nc3ccc(Br)cc23)CC1. The summed E-state index contributed by atoms with van der Waals surface area (Å²) in [5.41, 5.74) is 2.07. The van der Waals surface area contributed by atoms with Crippen LogP contribution in [0.2, 0.25) is 0 Å². The summed E-state index contributed by atoms with van der Waals surface area (Å²) in [5, 5.41) is 3.61. The van der Waals surface area contributed by atoms with Gasteiger partial charge in [-0.2, -0.15) is 0 Å². The first kappa shape index (κ1) is 20.3. The van der Waals surface area contributed by atoms with Crippen molar-refractivity contribution in [3.05, 3.63) is 40.0 Å². The van der Waals surface area contributed by atoms with Crippen LogP contribution in [0.3, 0.4) is 0 Å². The van der Waals surface area contributed by atoms with E-state index in [1.807, 2.05) is 25.1 Å². The maximum atomic E-state index is 12.7. The lowest BCUT2D eigenvalue weighted by Gasteiger charge is -2.34. The Morgan fingerprint density at radius 1 is 1.11 bits per heavy atom. The number of fused-ring (bicyclic) bond motifs is 1. The molecule has 2 aromatic rings. The van der Waals surface area contributed by atoms with Crippen molar-refractivity contribution in [1.29, 1.82) is 0 Å². The molecule has 3 rings (SSSR count). The van der Waals surface area contributed by atoms with Crippen molar-refractivity contribution in [2.24, 2.45) is 0 Å². The summed E-state index contributed by atoms with van der Waals surface area (Å²) in [7, 11) is 0. The second-order valence-corrected chi connectivity index (χ2v) is 7.78. The quantitative estimate of drug-likeness (QED) is 0.779. The van der Waals surface area contributed by atoms with Crippen LogP contribution in [0.25, 0.3) is 10.9 Å². The van der Waals surface area contributed by atoms with Gasteiger partial charge in [0, 0.05) is 61.6 Å². The Morgan fingerprint density at radius 2 is 1.79 bits per heavy atom. The van der Waals surface area contributed by atoms with Gasteiger partial charge in [-0.3, -0.25) is 19.4 Å². The van der Waals surface area contributed by atoms with Crippen LogP contribution in [0.5, 0.6) is 0 Å². The van der Waals surface area contributed by atoms with Crippen LogP contribution < -0.4 is 5.32 Å². The third kappa shape index (κ3) is 4.67. The molecule has 0 spiro atoms. The summed E-state index contributed by atoms with van der Waals surface area (Å²) in [6.45, 7) is 5.85. The van der Waals surface area contributed by atoms with Crippen LogP contribution in [0.4, 0.5) is 0 Å². The first-order valence-electron chi connectivity index (χ1n) is 9.23. The molecule has 1 saturated heterocycles. The average Bonchev–Trinajstić information content (AvgIpc) is 2.67. The molecule has 0 aliphatic carbocycles. The predicted octanol–water partition coefficient (Wildman–Crippen LogP) is 2.12. The molecule has 8 heteroatoms. The molecule has 7 nitrogen and oxygen atoms in total. The van der Waals surface area contributed by atoms with E-state index in [-0.39, 0.29) is 30.7 Å². The van der Waals surface area contributed by atoms with Crippen molar-refractivity contribution >= 4 is 44.6 Å². The third-order valence-electron chi connectivity index (χ3n) is 4.85. The number of aryl methyl sites for hydroxylation is 1. The van der Waals surface area contributed by atoms with E-state index in [1.54, 1.807) is 15.9 Å². The van der Waals surface area contributed by atoms with Gasteiger partial charge in [0.15, 0.2) is 0 Å². The lowest BCUT2D eigenvalue weighted by molar-refractivity contribution is -0.138. The normalized spacial score (nSPS) is 14.2. The molecule has 1 N–H and O–H groups in total. The van der Waals surface area contributed by atoms with E-state index in [1.165, 1.54) is 6.92 Å². The number of piperazine rings is 1. The summed E-state index contributed by atoms with van der Waals surface area (Å²) >= 11 is 3.43. The smallest absolute Gasteiger partial charge is 0.252 e. The number of nitrogens with one attached hydrogen (secondary N) is 1. The Hall–Kier alpha value is -2.48. The van der Waals surface area contributed by atoms with Gasteiger partial charge in [0.2, 0.25) is 11.8 Å². The number of hydrogen-bond acceptors (Lipinski definition) is 4. The fourth-order valence-electron chi connectivity index (χ4n) is 3.33. The molecule has 2 heterocycles. The van der Waals surface area contributed by atoms with Crippen molar-refractivity contribution in [2.75, 3.05) is 32.7 Å². The molecule has 1 aromatic heterocycles. The lowest BCUT2D eigenvalue weighted by Crippen LogP contribution is -2.50. The zero-order valence-corrected chi connectivity index (χ0v) is 17.6. The minimum Gasteiger partial charge on any atom is -0.351 e. The molecule has 3 amide bonds. The number of carbonyl (C=O) groups excluding carboxylic acids is 3. The second kappa shape index (κ2) is 8.68. The van der Waals surface area contributed by atoms with E-state index >= 15 is 0 Å². The van der Waals surface area contributed by atoms with E-state index < -0.39 is 0 Å². The lowest BCUT2D eigenvalue weighted by atomic mass is 10.1. The van der Waals surface area contributed by atoms with Crippen LogP contribution in [-0.2, 0) is 9.59 Å². The van der Waals surface area contributed by atoms with Gasteiger partial charge in [0.25, 0.3) is 5.91 Å². The Labute approximate surface area is 172 Å². The van der Waals surface area contributed by atoms with Crippen molar-refractivity contribution in [3.8, 4) is 0 Å². The Bertz CT molecular complexity index is 923. The number of rotatable bonds is 4. The molecule has 0 atom stereocenters. The largest absolute Gasteiger partial charge is 0.351 e. The highest BCUT2D eigenvalue weighted by atomic mass is 79.9. The van der Waals surface area contributed by atoms with E-state index in [0.717, 1.165) is 21.1 Å². The number of amides is 3. The zero-order chi connectivity index (χ0) is 20.3. The minimum atomic E-state index is -0.220. The number of halogens is 1. The molecule has 0 saturated carbocycles. The number of pyridine rings is 1. The third-order valence-corrected chi connectivity index (χ3v) is 5.34. The molecule has 0 bridgehead atoms. The maximum absolute atomic E-state index is 12.7. The van der Waals surface area contributed by atoms with Gasteiger partial charge in [-0.1, -0.05) is 15.9 Å². The number of carbonyl (C=O) groups is 3. The molecule has 1 fully saturated rings. The van der Waals surface area contributed by atoms with Gasteiger partial charge in [0.1, 0.15) is 0 Å². The molecule has 1 aliphatic rings. The minimum absolute atomic E-state index is 0.0120. The molecule has 0 radical (unpaired) electrons. The Kier molecular flexibility index (Phi) is 6.28. The molecule has 1 aliphatic heterocycles. The molecular weight excluding hydrogens is 424 g/mol. The van der Waals surface area contributed by atoms with E-state index in [0.29, 0.717) is 31.7 Å². The molecular formula is C20H23BrN4O3. The molecule has 148 valence electrons. The predicted molar refractivity (Wildman–Crippen MR) is 110 cm³/mol. The monoisotopic (exact) mass is 446 g/mol. The van der Waals surface area contributed by atoms with Crippen LogP contribution in [0.15, 0.2) is 28.7 Å². The summed E-state index contributed by atoms with van der Waals surface area (Å²) in [4.78, 5) is 44.3. The van der Waals surface area contributed by atoms with Crippen molar-refractivity contribution in [1.82, 2.24) is 20.1 Å². The van der Waals surface area contributed by atoms with Gasteiger partial charge in [0.05, 0.1) is 11.1 Å². The topological polar surface area (TPSA) is 82.6 Å². The summed E-state index contributed by atoms with van der Waals surface area (Å²) < 4.78 is 0.875. The fraction of sp³-hybridized carbons (Fsp3) is 0.400. The van der Waals surface area contributed by atoms with Gasteiger partial charge in [-0.15, -0.1) is 0 Å². The standard InChI is InChI=1S/C20H23BrN4O3/c1-13-11-17(16-12-15(21)3-4-18(16)23-13)20(28)22-6-5-19(27)25-9-7-24(8-10-25)14(2)26/h3-4,11-12H,5-10H2,1-2H3,(H,22,28). The number of benzene rings is 1. The molecule has 1 aromatic carbocycles. The average molecular weight is 447 g/mol. The number of aromatic nitrogens is 1. The maximum Gasteiger partial charge on any atom is 0.252 e. The fourth-order valence-corrected chi connectivity index (χ4v) is 3.69. The Balaban J connectivity index is 1.58. The number of nitrogens with zero attached hydrogens (tertiary/aromatic N) is 3. The van der Waals surface area contributed by atoms with E-state index in [2.05, 4.69) is 26.2 Å². The second-order valence-electron chi connectivity index (χ2n) is 6.87. The van der Waals surface area contributed by atoms with Gasteiger partial charge in [-0.25, -0.2) is 0 Å². The van der Waals surface area contributed by atoms with Gasteiger partial charge >= 0.3 is 0 Å². The van der Waals surface area contributed by atoms with Crippen LogP contribution in [0, 0.1) is 6.92 Å². The van der Waals surface area contributed by atoms with Gasteiger partial charge < -0.3 is 15.1 Å². The van der Waals surface area contributed by atoms with Crippen LogP contribution in [0.1, 0.15) is 29.4 Å². The van der Waals surface area contributed by atoms with Crippen molar-refractivity contribution in [3.63, 3.8) is 0 Å². The Morgan fingerprint density at radius 3 is 2.46 bits per heavy atom. The molecule has 0 unspecified atom stereocenters. The highest BCUT2D eigenvalue weighted by Gasteiger charge is 2.22. The molecule has 28 heavy (non-hydrogen) atoms. The van der Waals surface area contributed by atoms with Crippen molar-refractivity contribution in [2.45, 2.75) is 20.3 Å². The summed E-state index contributed by atoms with van der Waals surface area (Å²) in [5.74, 6) is -0.198. The summed E-state index contributed by atoms with van der Waals surface area (Å²) in [6.07, 6.45) is 0.234. The highest BCUT2D eigenvalue weighted by Crippen LogP contribution is 2.22. The van der Waals surface area contributed by atoms with E-state index in [4.69, 9.17) is 0 Å². The number of hydrogen-bond donors (Lipinski definition) is 1. The van der Waals surface area contributed by atoms with E-state index in [9.17, 15) is 14.4 Å². The zero-order valence-electron chi connectivity index (χ0n) is 16.0. The van der Waals surface area contributed by atoms with Crippen LogP contribution in [-0.4, -0.2) is 65.2 Å². The highest BCUT2D eigenvalue weighted by molar-refractivity contribution is 9.10. The van der Waals surface area contributed by atoms with Gasteiger partial charge in [-0.05, 0) is 31.2 Å².